The lowest BCUT2D eigenvalue weighted by molar-refractivity contribution is 0.175. The standard InChI is InChI=1S/C13H19N.ClH/c1-4-12(2)9-10-7-5-6-8-11(10)13(12,3)14;/h5-8H,4,9,14H2,1-3H3;1H/t12-,13-;/m1./s1. The molecule has 15 heavy (non-hydrogen) atoms. The number of benzene rings is 1. The highest BCUT2D eigenvalue weighted by Crippen LogP contribution is 2.49. The van der Waals surface area contributed by atoms with Gasteiger partial charge in [0, 0.05) is 5.54 Å². The van der Waals surface area contributed by atoms with Gasteiger partial charge in [-0.05, 0) is 36.3 Å². The average molecular weight is 226 g/mol. The van der Waals surface area contributed by atoms with Crippen molar-refractivity contribution in [3.63, 3.8) is 0 Å². The fraction of sp³-hybridized carbons (Fsp3) is 0.538. The highest BCUT2D eigenvalue weighted by atomic mass is 35.5. The number of rotatable bonds is 1. The van der Waals surface area contributed by atoms with Crippen molar-refractivity contribution in [1.82, 2.24) is 0 Å². The Hall–Kier alpha value is -0.530. The molecule has 0 saturated carbocycles. The van der Waals surface area contributed by atoms with Gasteiger partial charge in [0.15, 0.2) is 0 Å². The Morgan fingerprint density at radius 1 is 1.27 bits per heavy atom. The van der Waals surface area contributed by atoms with E-state index in [9.17, 15) is 0 Å². The zero-order chi connectivity index (χ0) is 10.4. The molecule has 0 spiro atoms. The van der Waals surface area contributed by atoms with Gasteiger partial charge in [0.2, 0.25) is 0 Å². The molecule has 1 aliphatic carbocycles. The van der Waals surface area contributed by atoms with Crippen LogP contribution in [0.1, 0.15) is 38.3 Å². The summed E-state index contributed by atoms with van der Waals surface area (Å²) < 4.78 is 0. The van der Waals surface area contributed by atoms with Crippen molar-refractivity contribution in [3.8, 4) is 0 Å². The molecule has 0 unspecified atom stereocenters. The highest BCUT2D eigenvalue weighted by Gasteiger charge is 2.47. The van der Waals surface area contributed by atoms with Crippen molar-refractivity contribution in [1.29, 1.82) is 0 Å². The van der Waals surface area contributed by atoms with Crippen molar-refractivity contribution in [3.05, 3.63) is 35.4 Å². The zero-order valence-corrected chi connectivity index (χ0v) is 10.5. The molecule has 0 aromatic heterocycles. The molecule has 0 amide bonds. The van der Waals surface area contributed by atoms with Crippen LogP contribution in [0.4, 0.5) is 0 Å². The fourth-order valence-electron chi connectivity index (χ4n) is 2.60. The molecule has 0 radical (unpaired) electrons. The minimum Gasteiger partial charge on any atom is -0.321 e. The Labute approximate surface area is 98.5 Å². The summed E-state index contributed by atoms with van der Waals surface area (Å²) in [6.07, 6.45) is 2.25. The second-order valence-corrected chi connectivity index (χ2v) is 4.95. The second kappa shape index (κ2) is 3.80. The molecule has 1 aliphatic rings. The molecule has 2 heteroatoms. The van der Waals surface area contributed by atoms with Crippen LogP contribution in [0.25, 0.3) is 0 Å². The van der Waals surface area contributed by atoms with Crippen molar-refractivity contribution >= 4 is 12.4 Å². The van der Waals surface area contributed by atoms with E-state index in [4.69, 9.17) is 5.73 Å². The van der Waals surface area contributed by atoms with E-state index in [2.05, 4.69) is 45.0 Å². The Morgan fingerprint density at radius 3 is 2.40 bits per heavy atom. The van der Waals surface area contributed by atoms with E-state index in [1.807, 2.05) is 0 Å². The van der Waals surface area contributed by atoms with Crippen molar-refractivity contribution < 1.29 is 0 Å². The lowest BCUT2D eigenvalue weighted by Crippen LogP contribution is -2.45. The third-order valence-electron chi connectivity index (χ3n) is 4.19. The monoisotopic (exact) mass is 225 g/mol. The van der Waals surface area contributed by atoms with Gasteiger partial charge >= 0.3 is 0 Å². The van der Waals surface area contributed by atoms with Gasteiger partial charge in [0.1, 0.15) is 0 Å². The van der Waals surface area contributed by atoms with Crippen LogP contribution in [-0.4, -0.2) is 0 Å². The molecule has 1 nitrogen and oxygen atoms in total. The highest BCUT2D eigenvalue weighted by molar-refractivity contribution is 5.85. The van der Waals surface area contributed by atoms with E-state index < -0.39 is 0 Å². The van der Waals surface area contributed by atoms with E-state index in [1.54, 1.807) is 0 Å². The van der Waals surface area contributed by atoms with E-state index in [0.717, 1.165) is 12.8 Å². The van der Waals surface area contributed by atoms with Gasteiger partial charge in [0.05, 0.1) is 0 Å². The van der Waals surface area contributed by atoms with Crippen LogP contribution in [0.3, 0.4) is 0 Å². The Morgan fingerprint density at radius 2 is 1.87 bits per heavy atom. The molecular formula is C13H20ClN. The number of hydrogen-bond acceptors (Lipinski definition) is 1. The minimum atomic E-state index is -0.168. The summed E-state index contributed by atoms with van der Waals surface area (Å²) in [5.74, 6) is 0. The molecule has 84 valence electrons. The summed E-state index contributed by atoms with van der Waals surface area (Å²) in [6, 6.07) is 8.58. The van der Waals surface area contributed by atoms with Crippen molar-refractivity contribution in [2.75, 3.05) is 0 Å². The maximum atomic E-state index is 6.48. The van der Waals surface area contributed by atoms with Crippen LogP contribution in [0, 0.1) is 5.41 Å². The molecule has 0 fully saturated rings. The Kier molecular flexibility index (Phi) is 3.18. The maximum Gasteiger partial charge on any atom is 0.0441 e. The fourth-order valence-corrected chi connectivity index (χ4v) is 2.60. The van der Waals surface area contributed by atoms with Crippen LogP contribution in [0.15, 0.2) is 24.3 Å². The average Bonchev–Trinajstić information content (AvgIpc) is 2.37. The molecule has 2 atom stereocenters. The molecule has 1 aromatic rings. The normalized spacial score (nSPS) is 33.3. The topological polar surface area (TPSA) is 26.0 Å². The van der Waals surface area contributed by atoms with Gasteiger partial charge < -0.3 is 5.73 Å². The third kappa shape index (κ3) is 1.58. The Balaban J connectivity index is 0.00000112. The van der Waals surface area contributed by atoms with E-state index in [-0.39, 0.29) is 23.4 Å². The zero-order valence-electron chi connectivity index (χ0n) is 9.71. The van der Waals surface area contributed by atoms with Gasteiger partial charge in [-0.1, -0.05) is 38.1 Å². The number of hydrogen-bond donors (Lipinski definition) is 1. The molecule has 1 aromatic carbocycles. The number of fused-ring (bicyclic) bond motifs is 1. The minimum absolute atomic E-state index is 0. The first-order chi connectivity index (χ1) is 6.51. The van der Waals surface area contributed by atoms with Crippen LogP contribution >= 0.6 is 12.4 Å². The summed E-state index contributed by atoms with van der Waals surface area (Å²) in [7, 11) is 0. The van der Waals surface area contributed by atoms with E-state index in [1.165, 1.54) is 11.1 Å². The lowest BCUT2D eigenvalue weighted by atomic mass is 9.71. The van der Waals surface area contributed by atoms with Crippen molar-refractivity contribution in [2.45, 2.75) is 39.2 Å². The van der Waals surface area contributed by atoms with E-state index >= 15 is 0 Å². The molecule has 0 saturated heterocycles. The number of nitrogens with two attached hydrogens (primary N) is 1. The summed E-state index contributed by atoms with van der Waals surface area (Å²) in [6.45, 7) is 6.70. The van der Waals surface area contributed by atoms with E-state index in [0.29, 0.717) is 0 Å². The maximum absolute atomic E-state index is 6.48. The molecule has 0 heterocycles. The summed E-state index contributed by atoms with van der Waals surface area (Å²) >= 11 is 0. The Bertz CT molecular complexity index is 359. The molecular weight excluding hydrogens is 206 g/mol. The van der Waals surface area contributed by atoms with Gasteiger partial charge in [-0.15, -0.1) is 12.4 Å². The lowest BCUT2D eigenvalue weighted by Gasteiger charge is -2.38. The summed E-state index contributed by atoms with van der Waals surface area (Å²) in [4.78, 5) is 0. The first-order valence-corrected chi connectivity index (χ1v) is 5.38. The molecule has 0 bridgehead atoms. The van der Waals surface area contributed by atoms with Crippen LogP contribution in [0.2, 0.25) is 0 Å². The quantitative estimate of drug-likeness (QED) is 0.780. The molecule has 2 N–H and O–H groups in total. The van der Waals surface area contributed by atoms with Crippen LogP contribution in [-0.2, 0) is 12.0 Å². The largest absolute Gasteiger partial charge is 0.321 e. The number of halogens is 1. The predicted molar refractivity (Wildman–Crippen MR) is 67.3 cm³/mol. The molecule has 2 rings (SSSR count). The van der Waals surface area contributed by atoms with Gasteiger partial charge in [-0.2, -0.15) is 0 Å². The second-order valence-electron chi connectivity index (χ2n) is 4.95. The van der Waals surface area contributed by atoms with Gasteiger partial charge in [0.25, 0.3) is 0 Å². The predicted octanol–water partition coefficient (Wildman–Crippen LogP) is 3.25. The molecule has 0 aliphatic heterocycles. The summed E-state index contributed by atoms with van der Waals surface area (Å²) in [5, 5.41) is 0. The third-order valence-corrected chi connectivity index (χ3v) is 4.19. The van der Waals surface area contributed by atoms with Crippen LogP contribution < -0.4 is 5.73 Å². The SMILES string of the molecule is CC[C@]1(C)Cc2ccccc2[C@@]1(C)N.Cl. The summed E-state index contributed by atoms with van der Waals surface area (Å²) in [5.41, 5.74) is 9.30. The van der Waals surface area contributed by atoms with Crippen LogP contribution in [0.5, 0.6) is 0 Å². The smallest absolute Gasteiger partial charge is 0.0441 e. The first kappa shape index (κ1) is 12.5. The van der Waals surface area contributed by atoms with Gasteiger partial charge in [-0.3, -0.25) is 0 Å². The van der Waals surface area contributed by atoms with Gasteiger partial charge in [-0.25, -0.2) is 0 Å². The van der Waals surface area contributed by atoms with Crippen molar-refractivity contribution in [2.24, 2.45) is 11.1 Å². The first-order valence-electron chi connectivity index (χ1n) is 5.38.